The average Bonchev–Trinajstić information content (AvgIpc) is 2.79. The van der Waals surface area contributed by atoms with E-state index in [-0.39, 0.29) is 24.6 Å². The fourth-order valence-electron chi connectivity index (χ4n) is 2.51. The van der Waals surface area contributed by atoms with E-state index in [1.165, 1.54) is 0 Å². The lowest BCUT2D eigenvalue weighted by Crippen LogP contribution is -2.40. The normalized spacial score (nSPS) is 23.4. The number of rotatable bonds is 4. The van der Waals surface area contributed by atoms with Crippen LogP contribution in [0.2, 0.25) is 0 Å². The molecule has 0 bridgehead atoms. The lowest BCUT2D eigenvalue weighted by molar-refractivity contribution is 0.0696. The number of carboxylic acid groups (broad SMARTS) is 1. The van der Waals surface area contributed by atoms with E-state index in [9.17, 15) is 22.7 Å². The van der Waals surface area contributed by atoms with Crippen LogP contribution in [-0.2, 0) is 10.0 Å². The molecule has 1 aromatic rings. The molecule has 0 amide bonds. The molecule has 116 valence electrons. The fraction of sp³-hybridized carbons (Fsp3) is 0.462. The van der Waals surface area contributed by atoms with Crippen LogP contribution in [0, 0.1) is 11.7 Å². The summed E-state index contributed by atoms with van der Waals surface area (Å²) < 4.78 is 40.0. The van der Waals surface area contributed by atoms with E-state index in [1.807, 2.05) is 6.92 Å². The van der Waals surface area contributed by atoms with Gasteiger partial charge in [0.2, 0.25) is 10.0 Å². The largest absolute Gasteiger partial charge is 0.478 e. The first kappa shape index (κ1) is 15.9. The van der Waals surface area contributed by atoms with Gasteiger partial charge in [0.15, 0.2) is 0 Å². The number of sulfonamides is 1. The maximum Gasteiger partial charge on any atom is 0.335 e. The Labute approximate surface area is 121 Å². The Kier molecular flexibility index (Phi) is 4.31. The van der Waals surface area contributed by atoms with E-state index in [1.54, 1.807) is 0 Å². The maximum atomic E-state index is 14.0. The minimum atomic E-state index is -4.10. The molecule has 21 heavy (non-hydrogen) atoms. The van der Waals surface area contributed by atoms with Crippen molar-refractivity contribution in [2.45, 2.75) is 24.3 Å². The summed E-state index contributed by atoms with van der Waals surface area (Å²) in [5.74, 6) is -2.46. The van der Waals surface area contributed by atoms with Crippen molar-refractivity contribution < 1.29 is 27.8 Å². The highest BCUT2D eigenvalue weighted by Gasteiger charge is 2.40. The van der Waals surface area contributed by atoms with Crippen LogP contribution in [0.3, 0.4) is 0 Å². The smallest absolute Gasteiger partial charge is 0.335 e. The number of carbonyl (C=O) groups is 1. The van der Waals surface area contributed by atoms with E-state index < -0.39 is 32.7 Å². The Morgan fingerprint density at radius 3 is 2.67 bits per heavy atom. The molecular formula is C13H16FNO5S. The van der Waals surface area contributed by atoms with Gasteiger partial charge in [-0.15, -0.1) is 0 Å². The van der Waals surface area contributed by atoms with Gasteiger partial charge in [0.25, 0.3) is 0 Å². The number of carboxylic acids is 1. The second kappa shape index (κ2) is 5.70. The predicted octanol–water partition coefficient (Wildman–Crippen LogP) is 0.915. The zero-order valence-electron chi connectivity index (χ0n) is 11.4. The molecule has 1 aliphatic heterocycles. The van der Waals surface area contributed by atoms with E-state index in [0.717, 1.165) is 16.4 Å². The molecular weight excluding hydrogens is 301 g/mol. The lowest BCUT2D eigenvalue weighted by Gasteiger charge is -2.24. The number of aliphatic hydroxyl groups excluding tert-OH is 1. The summed E-state index contributed by atoms with van der Waals surface area (Å²) in [6.45, 7) is 1.68. The summed E-state index contributed by atoms with van der Waals surface area (Å²) in [4.78, 5) is 10.2. The van der Waals surface area contributed by atoms with Crippen molar-refractivity contribution in [2.75, 3.05) is 13.2 Å². The summed E-state index contributed by atoms with van der Waals surface area (Å²) in [5.41, 5.74) is -0.319. The molecule has 2 unspecified atom stereocenters. The average molecular weight is 317 g/mol. The third-order valence-corrected chi connectivity index (χ3v) is 5.74. The van der Waals surface area contributed by atoms with E-state index in [4.69, 9.17) is 5.11 Å². The zero-order chi connectivity index (χ0) is 15.8. The van der Waals surface area contributed by atoms with Gasteiger partial charge in [-0.05, 0) is 30.5 Å². The number of hydrogen-bond acceptors (Lipinski definition) is 4. The van der Waals surface area contributed by atoms with Gasteiger partial charge in [-0.3, -0.25) is 0 Å². The molecule has 1 aliphatic rings. The molecule has 0 spiro atoms. The molecule has 0 aromatic heterocycles. The molecule has 2 N–H and O–H groups in total. The second-order valence-electron chi connectivity index (χ2n) is 5.08. The van der Waals surface area contributed by atoms with Gasteiger partial charge in [-0.25, -0.2) is 17.6 Å². The summed E-state index contributed by atoms with van der Waals surface area (Å²) in [6, 6.07) is 2.09. The van der Waals surface area contributed by atoms with Gasteiger partial charge < -0.3 is 10.2 Å². The number of aliphatic hydroxyl groups is 1. The number of aromatic carboxylic acids is 1. The number of benzene rings is 1. The number of nitrogens with zero attached hydrogens (tertiary/aromatic N) is 1. The standard InChI is InChI=1S/C13H16FNO5S/c1-8-4-5-15(11(8)7-16)21(19,20)12-3-2-9(13(17)18)6-10(12)14/h2-3,6,8,11,16H,4-5,7H2,1H3,(H,17,18). The number of hydrogen-bond donors (Lipinski definition) is 2. The van der Waals surface area contributed by atoms with Crippen LogP contribution >= 0.6 is 0 Å². The van der Waals surface area contributed by atoms with Gasteiger partial charge >= 0.3 is 5.97 Å². The molecule has 1 fully saturated rings. The molecule has 1 saturated heterocycles. The number of halogens is 1. The molecule has 2 rings (SSSR count). The van der Waals surface area contributed by atoms with Crippen molar-refractivity contribution in [3.63, 3.8) is 0 Å². The van der Waals surface area contributed by atoms with Crippen LogP contribution in [0.1, 0.15) is 23.7 Å². The van der Waals surface area contributed by atoms with Crippen molar-refractivity contribution in [1.29, 1.82) is 0 Å². The van der Waals surface area contributed by atoms with E-state index >= 15 is 0 Å². The Hall–Kier alpha value is -1.51. The van der Waals surface area contributed by atoms with Crippen LogP contribution in [0.15, 0.2) is 23.1 Å². The van der Waals surface area contributed by atoms with Gasteiger partial charge in [-0.1, -0.05) is 6.92 Å². The molecule has 6 nitrogen and oxygen atoms in total. The third-order valence-electron chi connectivity index (χ3n) is 3.78. The first-order valence-electron chi connectivity index (χ1n) is 6.44. The summed E-state index contributed by atoms with van der Waals surface area (Å²) in [5, 5.41) is 18.1. The zero-order valence-corrected chi connectivity index (χ0v) is 12.2. The second-order valence-corrected chi connectivity index (χ2v) is 6.94. The molecule has 0 saturated carbocycles. The molecule has 2 atom stereocenters. The van der Waals surface area contributed by atoms with Crippen LogP contribution in [0.4, 0.5) is 4.39 Å². The highest BCUT2D eigenvalue weighted by Crippen LogP contribution is 2.31. The van der Waals surface area contributed by atoms with E-state index in [2.05, 4.69) is 0 Å². The molecule has 0 aliphatic carbocycles. The van der Waals surface area contributed by atoms with Crippen LogP contribution in [0.5, 0.6) is 0 Å². The Bertz CT molecular complexity index is 661. The van der Waals surface area contributed by atoms with E-state index in [0.29, 0.717) is 12.5 Å². The van der Waals surface area contributed by atoms with Crippen molar-refractivity contribution in [3.05, 3.63) is 29.6 Å². The molecule has 8 heteroatoms. The van der Waals surface area contributed by atoms with Crippen molar-refractivity contribution in [3.8, 4) is 0 Å². The molecule has 1 heterocycles. The Morgan fingerprint density at radius 1 is 1.48 bits per heavy atom. The first-order chi connectivity index (χ1) is 9.78. The topological polar surface area (TPSA) is 94.9 Å². The third kappa shape index (κ3) is 2.78. The van der Waals surface area contributed by atoms with Crippen LogP contribution in [-0.4, -0.2) is 48.1 Å². The van der Waals surface area contributed by atoms with Gasteiger partial charge in [0.1, 0.15) is 10.7 Å². The Morgan fingerprint density at radius 2 is 2.14 bits per heavy atom. The predicted molar refractivity (Wildman–Crippen MR) is 71.9 cm³/mol. The van der Waals surface area contributed by atoms with Gasteiger partial charge in [-0.2, -0.15) is 4.31 Å². The Balaban J connectivity index is 2.43. The van der Waals surface area contributed by atoms with Crippen LogP contribution < -0.4 is 0 Å². The van der Waals surface area contributed by atoms with Crippen molar-refractivity contribution in [2.24, 2.45) is 5.92 Å². The first-order valence-corrected chi connectivity index (χ1v) is 7.88. The molecule has 0 radical (unpaired) electrons. The summed E-state index contributed by atoms with van der Waals surface area (Å²) >= 11 is 0. The highest BCUT2D eigenvalue weighted by atomic mass is 32.2. The summed E-state index contributed by atoms with van der Waals surface area (Å²) in [6.07, 6.45) is 0.583. The van der Waals surface area contributed by atoms with Crippen LogP contribution in [0.25, 0.3) is 0 Å². The minimum Gasteiger partial charge on any atom is -0.478 e. The lowest BCUT2D eigenvalue weighted by atomic mass is 10.0. The monoisotopic (exact) mass is 317 g/mol. The summed E-state index contributed by atoms with van der Waals surface area (Å²) in [7, 11) is -4.10. The molecule has 1 aromatic carbocycles. The SMILES string of the molecule is CC1CCN(S(=O)(=O)c2ccc(C(=O)O)cc2F)C1CO. The fourth-order valence-corrected chi connectivity index (χ4v) is 4.29. The minimum absolute atomic E-state index is 0.0221. The highest BCUT2D eigenvalue weighted by molar-refractivity contribution is 7.89. The van der Waals surface area contributed by atoms with Crippen molar-refractivity contribution >= 4 is 16.0 Å². The van der Waals surface area contributed by atoms with Gasteiger partial charge in [0, 0.05) is 6.54 Å². The van der Waals surface area contributed by atoms with Gasteiger partial charge in [0.05, 0.1) is 18.2 Å². The maximum absolute atomic E-state index is 14.0. The van der Waals surface area contributed by atoms with Crippen molar-refractivity contribution in [1.82, 2.24) is 4.31 Å². The quantitative estimate of drug-likeness (QED) is 0.861.